The molecule has 7 heteroatoms. The molecule has 3 aromatic rings. The van der Waals surface area contributed by atoms with Crippen molar-refractivity contribution in [3.8, 4) is 11.3 Å². The molecule has 3 rings (SSSR count). The molecule has 1 amide bonds. The minimum absolute atomic E-state index is 0.121. The van der Waals surface area contributed by atoms with Crippen LogP contribution in [0.25, 0.3) is 11.3 Å². The van der Waals surface area contributed by atoms with Crippen molar-refractivity contribution in [1.82, 2.24) is 4.98 Å². The van der Waals surface area contributed by atoms with Crippen LogP contribution >= 0.6 is 11.3 Å². The molecule has 0 saturated heterocycles. The number of benzene rings is 2. The number of aromatic nitrogens is 1. The molecule has 2 aromatic carbocycles. The van der Waals surface area contributed by atoms with Crippen molar-refractivity contribution >= 4 is 28.1 Å². The van der Waals surface area contributed by atoms with E-state index in [1.165, 1.54) is 41.2 Å². The molecule has 138 valence electrons. The first-order valence-electron chi connectivity index (χ1n) is 8.53. The Morgan fingerprint density at radius 1 is 1.22 bits per heavy atom. The summed E-state index contributed by atoms with van der Waals surface area (Å²) >= 11 is 1.32. The van der Waals surface area contributed by atoms with Crippen LogP contribution in [-0.4, -0.2) is 15.8 Å². The number of hydrogen-bond donors (Lipinski definition) is 1. The number of carbonyl (C=O) groups is 1. The molecule has 1 aromatic heterocycles. The van der Waals surface area contributed by atoms with Gasteiger partial charge in [-0.3, -0.25) is 20.2 Å². The highest BCUT2D eigenvalue weighted by atomic mass is 32.1. The second-order valence-corrected chi connectivity index (χ2v) is 7.45. The summed E-state index contributed by atoms with van der Waals surface area (Å²) in [5.74, 6) is 0.178. The van der Waals surface area contributed by atoms with Crippen LogP contribution in [0.2, 0.25) is 0 Å². The molecule has 0 radical (unpaired) electrons. The quantitative estimate of drug-likeness (QED) is 0.471. The van der Waals surface area contributed by atoms with E-state index in [9.17, 15) is 14.9 Å². The fraction of sp³-hybridized carbons (Fsp3) is 0.200. The van der Waals surface area contributed by atoms with Crippen LogP contribution in [0.1, 0.15) is 29.8 Å². The summed E-state index contributed by atoms with van der Waals surface area (Å²) in [6.07, 6.45) is 1.03. The third-order valence-corrected chi connectivity index (χ3v) is 4.70. The summed E-state index contributed by atoms with van der Waals surface area (Å²) in [5, 5.41) is 15.9. The molecule has 0 atom stereocenters. The molecule has 0 saturated carbocycles. The first-order valence-corrected chi connectivity index (χ1v) is 9.41. The van der Waals surface area contributed by atoms with E-state index in [1.54, 1.807) is 0 Å². The molecule has 1 N–H and O–H groups in total. The van der Waals surface area contributed by atoms with Gasteiger partial charge in [-0.15, -0.1) is 11.3 Å². The Labute approximate surface area is 161 Å². The third kappa shape index (κ3) is 4.77. The summed E-state index contributed by atoms with van der Waals surface area (Å²) in [6, 6.07) is 13.9. The highest BCUT2D eigenvalue weighted by molar-refractivity contribution is 7.14. The summed E-state index contributed by atoms with van der Waals surface area (Å²) < 4.78 is 0. The molecular formula is C20H19N3O3S. The molecule has 0 aliphatic carbocycles. The van der Waals surface area contributed by atoms with Gasteiger partial charge >= 0.3 is 0 Å². The van der Waals surface area contributed by atoms with E-state index in [0.29, 0.717) is 11.0 Å². The Kier molecular flexibility index (Phi) is 5.61. The molecule has 6 nitrogen and oxygen atoms in total. The molecule has 27 heavy (non-hydrogen) atoms. The van der Waals surface area contributed by atoms with Gasteiger partial charge < -0.3 is 0 Å². The molecule has 0 aliphatic rings. The summed E-state index contributed by atoms with van der Waals surface area (Å²) in [7, 11) is 0. The van der Waals surface area contributed by atoms with Crippen molar-refractivity contribution < 1.29 is 9.72 Å². The first kappa shape index (κ1) is 18.7. The molecule has 0 unspecified atom stereocenters. The Balaban J connectivity index is 1.71. The largest absolute Gasteiger partial charge is 0.298 e. The average molecular weight is 381 g/mol. The minimum atomic E-state index is -0.527. The van der Waals surface area contributed by atoms with Gasteiger partial charge in [0.25, 0.3) is 11.6 Å². The zero-order chi connectivity index (χ0) is 19.4. The van der Waals surface area contributed by atoms with E-state index in [2.05, 4.69) is 36.3 Å². The molecule has 0 spiro atoms. The van der Waals surface area contributed by atoms with Crippen LogP contribution in [-0.2, 0) is 6.42 Å². The Morgan fingerprint density at radius 2 is 1.96 bits per heavy atom. The maximum Gasteiger partial charge on any atom is 0.270 e. The monoisotopic (exact) mass is 381 g/mol. The predicted molar refractivity (Wildman–Crippen MR) is 107 cm³/mol. The summed E-state index contributed by atoms with van der Waals surface area (Å²) in [6.45, 7) is 4.37. The third-order valence-electron chi connectivity index (χ3n) is 3.94. The van der Waals surface area contributed by atoms with Crippen LogP contribution in [0.3, 0.4) is 0 Å². The second-order valence-electron chi connectivity index (χ2n) is 6.59. The standard InChI is InChI=1S/C20H19N3O3S/c1-13(2)10-14-6-8-15(9-7-14)18-12-27-20(21-18)22-19(24)16-4-3-5-17(11-16)23(25)26/h3-9,11-13H,10H2,1-2H3,(H,21,22,24). The van der Waals surface area contributed by atoms with Gasteiger partial charge in [-0.25, -0.2) is 4.98 Å². The lowest BCUT2D eigenvalue weighted by atomic mass is 10.0. The molecule has 1 heterocycles. The number of thiazole rings is 1. The van der Waals surface area contributed by atoms with Crippen molar-refractivity contribution in [3.05, 3.63) is 75.2 Å². The van der Waals surface area contributed by atoms with Gasteiger partial charge in [0.2, 0.25) is 0 Å². The molecule has 0 fully saturated rings. The number of amides is 1. The zero-order valence-corrected chi connectivity index (χ0v) is 15.8. The maximum atomic E-state index is 12.3. The summed E-state index contributed by atoms with van der Waals surface area (Å²) in [5.41, 5.74) is 3.14. The molecule has 0 aliphatic heterocycles. The van der Waals surface area contributed by atoms with Crippen molar-refractivity contribution in [1.29, 1.82) is 0 Å². The first-order chi connectivity index (χ1) is 12.9. The van der Waals surface area contributed by atoms with E-state index in [1.807, 2.05) is 17.5 Å². The van der Waals surface area contributed by atoms with Crippen molar-refractivity contribution in [2.24, 2.45) is 5.92 Å². The molecule has 0 bridgehead atoms. The van der Waals surface area contributed by atoms with E-state index in [0.717, 1.165) is 17.7 Å². The van der Waals surface area contributed by atoms with Crippen molar-refractivity contribution in [3.63, 3.8) is 0 Å². The van der Waals surface area contributed by atoms with Gasteiger partial charge in [-0.2, -0.15) is 0 Å². The van der Waals surface area contributed by atoms with Gasteiger partial charge in [0.05, 0.1) is 10.6 Å². The van der Waals surface area contributed by atoms with E-state index >= 15 is 0 Å². The van der Waals surface area contributed by atoms with Crippen LogP contribution in [0.5, 0.6) is 0 Å². The number of nitro groups is 1. The van der Waals surface area contributed by atoms with E-state index in [-0.39, 0.29) is 11.3 Å². The van der Waals surface area contributed by atoms with Crippen LogP contribution < -0.4 is 5.32 Å². The number of non-ortho nitro benzene ring substituents is 1. The van der Waals surface area contributed by atoms with Gasteiger partial charge in [0, 0.05) is 28.6 Å². The topological polar surface area (TPSA) is 85.1 Å². The van der Waals surface area contributed by atoms with Crippen LogP contribution in [0, 0.1) is 16.0 Å². The zero-order valence-electron chi connectivity index (χ0n) is 15.0. The maximum absolute atomic E-state index is 12.3. The lowest BCUT2D eigenvalue weighted by Crippen LogP contribution is -2.11. The van der Waals surface area contributed by atoms with Crippen LogP contribution in [0.4, 0.5) is 10.8 Å². The van der Waals surface area contributed by atoms with Gasteiger partial charge in [-0.1, -0.05) is 44.2 Å². The lowest BCUT2D eigenvalue weighted by Gasteiger charge is -2.05. The Morgan fingerprint density at radius 3 is 2.63 bits per heavy atom. The number of nitro benzene ring substituents is 1. The smallest absolute Gasteiger partial charge is 0.270 e. The van der Waals surface area contributed by atoms with E-state index in [4.69, 9.17) is 0 Å². The number of hydrogen-bond acceptors (Lipinski definition) is 5. The number of carbonyl (C=O) groups excluding carboxylic acids is 1. The van der Waals surface area contributed by atoms with Crippen molar-refractivity contribution in [2.75, 3.05) is 5.32 Å². The lowest BCUT2D eigenvalue weighted by molar-refractivity contribution is -0.384. The van der Waals surface area contributed by atoms with Crippen molar-refractivity contribution in [2.45, 2.75) is 20.3 Å². The highest BCUT2D eigenvalue weighted by Crippen LogP contribution is 2.26. The number of rotatable bonds is 6. The van der Waals surface area contributed by atoms with Gasteiger partial charge in [0.15, 0.2) is 5.13 Å². The number of nitrogens with one attached hydrogen (secondary N) is 1. The summed E-state index contributed by atoms with van der Waals surface area (Å²) in [4.78, 5) is 27.1. The number of nitrogens with zero attached hydrogens (tertiary/aromatic N) is 2. The normalized spacial score (nSPS) is 10.8. The van der Waals surface area contributed by atoms with Crippen LogP contribution in [0.15, 0.2) is 53.9 Å². The fourth-order valence-corrected chi connectivity index (χ4v) is 3.39. The van der Waals surface area contributed by atoms with Gasteiger partial charge in [-0.05, 0) is 24.0 Å². The van der Waals surface area contributed by atoms with Gasteiger partial charge in [0.1, 0.15) is 0 Å². The Hall–Kier alpha value is -3.06. The average Bonchev–Trinajstić information content (AvgIpc) is 3.10. The van der Waals surface area contributed by atoms with E-state index < -0.39 is 10.8 Å². The highest BCUT2D eigenvalue weighted by Gasteiger charge is 2.13. The minimum Gasteiger partial charge on any atom is -0.298 e. The second kappa shape index (κ2) is 8.09. The Bertz CT molecular complexity index is 965. The molecular weight excluding hydrogens is 362 g/mol. The number of anilines is 1. The predicted octanol–water partition coefficient (Wildman–Crippen LogP) is 5.17. The SMILES string of the molecule is CC(C)Cc1ccc(-c2csc(NC(=O)c3cccc([N+](=O)[O-])c3)n2)cc1. The fourth-order valence-electron chi connectivity index (χ4n) is 2.68.